The molecular formula is C21H25N5O. The highest BCUT2D eigenvalue weighted by atomic mass is 16.5. The van der Waals surface area contributed by atoms with Crippen LogP contribution >= 0.6 is 0 Å². The Morgan fingerprint density at radius 1 is 1.04 bits per heavy atom. The number of hydrogen-bond acceptors (Lipinski definition) is 6. The van der Waals surface area contributed by atoms with Crippen molar-refractivity contribution in [3.8, 4) is 11.3 Å². The summed E-state index contributed by atoms with van der Waals surface area (Å²) in [6, 6.07) is 12.0. The molecule has 2 N–H and O–H groups in total. The van der Waals surface area contributed by atoms with Gasteiger partial charge in [-0.25, -0.2) is 15.0 Å². The van der Waals surface area contributed by atoms with E-state index in [2.05, 4.69) is 51.6 Å². The molecule has 0 unspecified atom stereocenters. The van der Waals surface area contributed by atoms with E-state index < -0.39 is 0 Å². The lowest BCUT2D eigenvalue weighted by molar-refractivity contribution is 0.197. The van der Waals surface area contributed by atoms with Gasteiger partial charge in [0, 0.05) is 49.5 Å². The number of rotatable bonds is 8. The predicted octanol–water partition coefficient (Wildman–Crippen LogP) is 4.35. The molecular weight excluding hydrogens is 338 g/mol. The summed E-state index contributed by atoms with van der Waals surface area (Å²) in [6.07, 6.45) is 4.50. The second kappa shape index (κ2) is 9.09. The molecule has 140 valence electrons. The van der Waals surface area contributed by atoms with Gasteiger partial charge in [0.25, 0.3) is 0 Å². The van der Waals surface area contributed by atoms with Crippen LogP contribution in [0.15, 0.2) is 48.8 Å². The van der Waals surface area contributed by atoms with E-state index in [9.17, 15) is 0 Å². The smallest absolute Gasteiger partial charge is 0.227 e. The van der Waals surface area contributed by atoms with Gasteiger partial charge < -0.3 is 15.4 Å². The lowest BCUT2D eigenvalue weighted by Gasteiger charge is -2.13. The Morgan fingerprint density at radius 3 is 2.70 bits per heavy atom. The van der Waals surface area contributed by atoms with Gasteiger partial charge in [-0.1, -0.05) is 12.1 Å². The van der Waals surface area contributed by atoms with Crippen molar-refractivity contribution in [1.29, 1.82) is 0 Å². The Bertz CT molecular complexity index is 897. The number of ether oxygens (including phenoxy) is 1. The van der Waals surface area contributed by atoms with Crippen LogP contribution in [0, 0.1) is 13.8 Å². The SMILES string of the molecule is COCCCNc1nccc(-c2ccnc(Nc3cccc(C)c3)n2)c1C. The number of anilines is 3. The number of hydrogen-bond donors (Lipinski definition) is 2. The third kappa shape index (κ3) is 5.01. The molecule has 1 aromatic carbocycles. The van der Waals surface area contributed by atoms with E-state index in [4.69, 9.17) is 4.74 Å². The predicted molar refractivity (Wildman–Crippen MR) is 109 cm³/mol. The summed E-state index contributed by atoms with van der Waals surface area (Å²) < 4.78 is 5.09. The van der Waals surface area contributed by atoms with Crippen molar-refractivity contribution in [2.75, 3.05) is 30.9 Å². The maximum absolute atomic E-state index is 5.09. The van der Waals surface area contributed by atoms with Gasteiger partial charge in [0.2, 0.25) is 5.95 Å². The summed E-state index contributed by atoms with van der Waals surface area (Å²) in [7, 11) is 1.71. The van der Waals surface area contributed by atoms with Crippen molar-refractivity contribution in [2.24, 2.45) is 0 Å². The number of aryl methyl sites for hydroxylation is 1. The second-order valence-corrected chi connectivity index (χ2v) is 6.37. The molecule has 0 fully saturated rings. The molecule has 0 spiro atoms. The number of nitrogens with one attached hydrogen (secondary N) is 2. The van der Waals surface area contributed by atoms with E-state index >= 15 is 0 Å². The fourth-order valence-corrected chi connectivity index (χ4v) is 2.84. The van der Waals surface area contributed by atoms with Crippen LogP contribution in [0.25, 0.3) is 11.3 Å². The minimum absolute atomic E-state index is 0.573. The molecule has 27 heavy (non-hydrogen) atoms. The van der Waals surface area contributed by atoms with Gasteiger partial charge in [0.05, 0.1) is 5.69 Å². The molecule has 6 nitrogen and oxygen atoms in total. The Balaban J connectivity index is 1.80. The first-order valence-corrected chi connectivity index (χ1v) is 9.03. The highest BCUT2D eigenvalue weighted by Crippen LogP contribution is 2.26. The minimum atomic E-state index is 0.573. The zero-order valence-corrected chi connectivity index (χ0v) is 16.0. The Morgan fingerprint density at radius 2 is 1.89 bits per heavy atom. The van der Waals surface area contributed by atoms with Crippen LogP contribution in [-0.4, -0.2) is 35.2 Å². The van der Waals surface area contributed by atoms with Gasteiger partial charge in [-0.2, -0.15) is 0 Å². The molecule has 2 aromatic heterocycles. The van der Waals surface area contributed by atoms with E-state index in [0.29, 0.717) is 5.95 Å². The average Bonchev–Trinajstić information content (AvgIpc) is 2.67. The summed E-state index contributed by atoms with van der Waals surface area (Å²) in [5.74, 6) is 1.44. The van der Waals surface area contributed by atoms with Crippen molar-refractivity contribution >= 4 is 17.5 Å². The first-order valence-electron chi connectivity index (χ1n) is 9.03. The maximum atomic E-state index is 5.09. The fraction of sp³-hybridized carbons (Fsp3) is 0.286. The molecule has 0 amide bonds. The molecule has 0 saturated carbocycles. The van der Waals surface area contributed by atoms with Gasteiger partial charge in [-0.05, 0) is 50.1 Å². The largest absolute Gasteiger partial charge is 0.385 e. The Hall–Kier alpha value is -2.99. The van der Waals surface area contributed by atoms with E-state index in [1.165, 1.54) is 5.56 Å². The Labute approximate surface area is 160 Å². The first kappa shape index (κ1) is 18.8. The molecule has 6 heteroatoms. The average molecular weight is 363 g/mol. The van der Waals surface area contributed by atoms with Crippen molar-refractivity contribution in [1.82, 2.24) is 15.0 Å². The van der Waals surface area contributed by atoms with Gasteiger partial charge in [0.1, 0.15) is 5.82 Å². The van der Waals surface area contributed by atoms with Crippen LogP contribution in [0.4, 0.5) is 17.5 Å². The standard InChI is InChI=1S/C21H25N5O/c1-15-6-4-7-17(14-15)25-21-24-12-9-19(26-21)18-8-11-23-20(16(18)2)22-10-5-13-27-3/h4,6-9,11-12,14H,5,10,13H2,1-3H3,(H,22,23)(H,24,25,26). The summed E-state index contributed by atoms with van der Waals surface area (Å²) in [4.78, 5) is 13.5. The third-order valence-electron chi connectivity index (χ3n) is 4.23. The van der Waals surface area contributed by atoms with Crippen LogP contribution in [0.3, 0.4) is 0 Å². The molecule has 3 rings (SSSR count). The number of benzene rings is 1. The molecule has 0 aliphatic rings. The molecule has 2 heterocycles. The third-order valence-corrected chi connectivity index (χ3v) is 4.23. The van der Waals surface area contributed by atoms with Crippen LogP contribution in [-0.2, 0) is 4.74 Å². The van der Waals surface area contributed by atoms with E-state index in [1.807, 2.05) is 24.3 Å². The van der Waals surface area contributed by atoms with E-state index in [-0.39, 0.29) is 0 Å². The quantitative estimate of drug-likeness (QED) is 0.580. The summed E-state index contributed by atoms with van der Waals surface area (Å²) in [5, 5.41) is 6.64. The number of methoxy groups -OCH3 is 1. The van der Waals surface area contributed by atoms with Gasteiger partial charge in [-0.15, -0.1) is 0 Å². The molecule has 0 aliphatic carbocycles. The highest BCUT2D eigenvalue weighted by molar-refractivity contribution is 5.69. The van der Waals surface area contributed by atoms with Crippen LogP contribution in [0.1, 0.15) is 17.5 Å². The van der Waals surface area contributed by atoms with Crippen molar-refractivity contribution < 1.29 is 4.74 Å². The zero-order chi connectivity index (χ0) is 19.1. The summed E-state index contributed by atoms with van der Waals surface area (Å²) in [6.45, 7) is 5.65. The fourth-order valence-electron chi connectivity index (χ4n) is 2.84. The molecule has 0 aliphatic heterocycles. The second-order valence-electron chi connectivity index (χ2n) is 6.37. The normalized spacial score (nSPS) is 10.6. The summed E-state index contributed by atoms with van der Waals surface area (Å²) >= 11 is 0. The monoisotopic (exact) mass is 363 g/mol. The van der Waals surface area contributed by atoms with E-state index in [0.717, 1.165) is 47.9 Å². The minimum Gasteiger partial charge on any atom is -0.385 e. The number of aromatic nitrogens is 3. The molecule has 0 atom stereocenters. The maximum Gasteiger partial charge on any atom is 0.227 e. The van der Waals surface area contributed by atoms with Crippen molar-refractivity contribution in [3.05, 3.63) is 59.9 Å². The molecule has 0 radical (unpaired) electrons. The lowest BCUT2D eigenvalue weighted by Crippen LogP contribution is -2.08. The number of nitrogens with zero attached hydrogens (tertiary/aromatic N) is 3. The van der Waals surface area contributed by atoms with Crippen LogP contribution in [0.5, 0.6) is 0 Å². The van der Waals surface area contributed by atoms with Gasteiger partial charge in [-0.3, -0.25) is 0 Å². The van der Waals surface area contributed by atoms with E-state index in [1.54, 1.807) is 19.5 Å². The highest BCUT2D eigenvalue weighted by Gasteiger charge is 2.10. The van der Waals surface area contributed by atoms with Crippen molar-refractivity contribution in [3.63, 3.8) is 0 Å². The lowest BCUT2D eigenvalue weighted by atomic mass is 10.1. The van der Waals surface area contributed by atoms with Gasteiger partial charge in [0.15, 0.2) is 0 Å². The van der Waals surface area contributed by atoms with Gasteiger partial charge >= 0.3 is 0 Å². The molecule has 0 saturated heterocycles. The Kier molecular flexibility index (Phi) is 6.33. The van der Waals surface area contributed by atoms with Crippen LogP contribution < -0.4 is 10.6 Å². The van der Waals surface area contributed by atoms with Crippen LogP contribution in [0.2, 0.25) is 0 Å². The zero-order valence-electron chi connectivity index (χ0n) is 16.0. The van der Waals surface area contributed by atoms with Crippen molar-refractivity contribution in [2.45, 2.75) is 20.3 Å². The number of pyridine rings is 1. The molecule has 3 aromatic rings. The first-order chi connectivity index (χ1) is 13.2. The topological polar surface area (TPSA) is 72.0 Å². The summed E-state index contributed by atoms with van der Waals surface area (Å²) in [5.41, 5.74) is 5.12. The molecule has 0 bridgehead atoms.